The van der Waals surface area contributed by atoms with E-state index < -0.39 is 0 Å². The number of aryl methyl sites for hydroxylation is 1. The van der Waals surface area contributed by atoms with Gasteiger partial charge < -0.3 is 14.8 Å². The first-order valence-corrected chi connectivity index (χ1v) is 7.17. The van der Waals surface area contributed by atoms with E-state index in [1.165, 1.54) is 0 Å². The summed E-state index contributed by atoms with van der Waals surface area (Å²) in [6.07, 6.45) is 3.30. The second-order valence-electron chi connectivity index (χ2n) is 5.08. The summed E-state index contributed by atoms with van der Waals surface area (Å²) >= 11 is 0. The van der Waals surface area contributed by atoms with Crippen molar-refractivity contribution in [1.29, 1.82) is 0 Å². The molecule has 1 aliphatic rings. The van der Waals surface area contributed by atoms with Gasteiger partial charge in [0.25, 0.3) is 0 Å². The molecule has 4 heteroatoms. The zero-order valence-electron chi connectivity index (χ0n) is 11.7. The molecule has 0 aliphatic carbocycles. The molecule has 4 nitrogen and oxygen atoms in total. The van der Waals surface area contributed by atoms with Crippen LogP contribution in [0, 0.1) is 12.8 Å². The zero-order valence-corrected chi connectivity index (χ0v) is 11.7. The summed E-state index contributed by atoms with van der Waals surface area (Å²) in [4.78, 5) is 4.40. The Balaban J connectivity index is 1.50. The Morgan fingerprint density at radius 1 is 1.37 bits per heavy atom. The van der Waals surface area contributed by atoms with Crippen LogP contribution in [-0.4, -0.2) is 38.0 Å². The SMILES string of the molecule is Cc1cccc(NCCCOCC2CCOCC2)n1. The minimum absolute atomic E-state index is 0.695. The second kappa shape index (κ2) is 8.12. The number of pyridine rings is 1. The lowest BCUT2D eigenvalue weighted by molar-refractivity contribution is 0.0206. The third-order valence-electron chi connectivity index (χ3n) is 3.35. The number of hydrogen-bond donors (Lipinski definition) is 1. The highest BCUT2D eigenvalue weighted by molar-refractivity contribution is 5.34. The molecule has 2 heterocycles. The Bertz CT molecular complexity index is 365. The lowest BCUT2D eigenvalue weighted by Crippen LogP contribution is -2.20. The molecule has 0 bridgehead atoms. The molecule has 1 aliphatic heterocycles. The Morgan fingerprint density at radius 2 is 2.21 bits per heavy atom. The number of anilines is 1. The monoisotopic (exact) mass is 264 g/mol. The highest BCUT2D eigenvalue weighted by Gasteiger charge is 2.13. The highest BCUT2D eigenvalue weighted by atomic mass is 16.5. The molecule has 19 heavy (non-hydrogen) atoms. The molecule has 1 saturated heterocycles. The Morgan fingerprint density at radius 3 is 3.00 bits per heavy atom. The van der Waals surface area contributed by atoms with Crippen LogP contribution in [0.25, 0.3) is 0 Å². The van der Waals surface area contributed by atoms with Crippen molar-refractivity contribution in [2.45, 2.75) is 26.2 Å². The van der Waals surface area contributed by atoms with Gasteiger partial charge in [0.2, 0.25) is 0 Å². The minimum atomic E-state index is 0.695. The van der Waals surface area contributed by atoms with Gasteiger partial charge in [0.15, 0.2) is 0 Å². The first kappa shape index (κ1) is 14.3. The molecule has 0 unspecified atom stereocenters. The van der Waals surface area contributed by atoms with E-state index in [0.29, 0.717) is 5.92 Å². The first-order valence-electron chi connectivity index (χ1n) is 7.17. The van der Waals surface area contributed by atoms with E-state index >= 15 is 0 Å². The van der Waals surface area contributed by atoms with Crippen LogP contribution < -0.4 is 5.32 Å². The molecule has 106 valence electrons. The summed E-state index contributed by atoms with van der Waals surface area (Å²) < 4.78 is 11.0. The summed E-state index contributed by atoms with van der Waals surface area (Å²) in [5.74, 6) is 1.64. The zero-order chi connectivity index (χ0) is 13.3. The fraction of sp³-hybridized carbons (Fsp3) is 0.667. The summed E-state index contributed by atoms with van der Waals surface area (Å²) in [6, 6.07) is 6.02. The van der Waals surface area contributed by atoms with Gasteiger partial charge in [-0.1, -0.05) is 6.07 Å². The van der Waals surface area contributed by atoms with Gasteiger partial charge in [-0.25, -0.2) is 4.98 Å². The van der Waals surface area contributed by atoms with Gasteiger partial charge in [0, 0.05) is 38.7 Å². The normalized spacial score (nSPS) is 16.5. The topological polar surface area (TPSA) is 43.4 Å². The predicted molar refractivity (Wildman–Crippen MR) is 76.4 cm³/mol. The van der Waals surface area contributed by atoms with Crippen molar-refractivity contribution in [3.05, 3.63) is 23.9 Å². The molecular weight excluding hydrogens is 240 g/mol. The highest BCUT2D eigenvalue weighted by Crippen LogP contribution is 2.14. The van der Waals surface area contributed by atoms with Gasteiger partial charge in [-0.3, -0.25) is 0 Å². The van der Waals surface area contributed by atoms with Gasteiger partial charge in [-0.2, -0.15) is 0 Å². The van der Waals surface area contributed by atoms with E-state index in [9.17, 15) is 0 Å². The number of nitrogens with zero attached hydrogens (tertiary/aromatic N) is 1. The molecule has 1 aromatic rings. The predicted octanol–water partition coefficient (Wildman–Crippen LogP) is 2.64. The van der Waals surface area contributed by atoms with Gasteiger partial charge in [-0.05, 0) is 44.2 Å². The Kier molecular flexibility index (Phi) is 6.11. The lowest BCUT2D eigenvalue weighted by atomic mass is 10.0. The summed E-state index contributed by atoms with van der Waals surface area (Å²) in [6.45, 7) is 6.40. The first-order chi connectivity index (χ1) is 9.34. The smallest absolute Gasteiger partial charge is 0.126 e. The molecule has 0 amide bonds. The van der Waals surface area contributed by atoms with Gasteiger partial charge >= 0.3 is 0 Å². The van der Waals surface area contributed by atoms with E-state index in [4.69, 9.17) is 9.47 Å². The summed E-state index contributed by atoms with van der Waals surface area (Å²) in [7, 11) is 0. The number of nitrogens with one attached hydrogen (secondary N) is 1. The fourth-order valence-corrected chi connectivity index (χ4v) is 2.20. The maximum Gasteiger partial charge on any atom is 0.126 e. The van der Waals surface area contributed by atoms with Gasteiger partial charge in [0.05, 0.1) is 0 Å². The van der Waals surface area contributed by atoms with Crippen molar-refractivity contribution < 1.29 is 9.47 Å². The van der Waals surface area contributed by atoms with E-state index in [0.717, 1.165) is 63.7 Å². The van der Waals surface area contributed by atoms with E-state index in [-0.39, 0.29) is 0 Å². The van der Waals surface area contributed by atoms with Crippen LogP contribution in [0.4, 0.5) is 5.82 Å². The molecule has 1 N–H and O–H groups in total. The maximum atomic E-state index is 5.72. The van der Waals surface area contributed by atoms with Crippen LogP contribution >= 0.6 is 0 Å². The van der Waals surface area contributed by atoms with Crippen LogP contribution in [0.1, 0.15) is 25.0 Å². The number of rotatable bonds is 7. The molecule has 2 rings (SSSR count). The average Bonchev–Trinajstić information content (AvgIpc) is 2.44. The average molecular weight is 264 g/mol. The van der Waals surface area contributed by atoms with Crippen molar-refractivity contribution in [1.82, 2.24) is 4.98 Å². The Hall–Kier alpha value is -1.13. The molecule has 0 aromatic carbocycles. The second-order valence-corrected chi connectivity index (χ2v) is 5.08. The lowest BCUT2D eigenvalue weighted by Gasteiger charge is -2.21. The van der Waals surface area contributed by atoms with Crippen molar-refractivity contribution >= 4 is 5.82 Å². The fourth-order valence-electron chi connectivity index (χ4n) is 2.20. The molecule has 1 fully saturated rings. The number of aromatic nitrogens is 1. The molecule has 0 saturated carbocycles. The molecule has 0 spiro atoms. The number of hydrogen-bond acceptors (Lipinski definition) is 4. The van der Waals surface area contributed by atoms with Crippen molar-refractivity contribution in [2.75, 3.05) is 38.3 Å². The quantitative estimate of drug-likeness (QED) is 0.769. The van der Waals surface area contributed by atoms with Crippen molar-refractivity contribution in [2.24, 2.45) is 5.92 Å². The third-order valence-corrected chi connectivity index (χ3v) is 3.35. The Labute approximate surface area is 115 Å². The van der Waals surface area contributed by atoms with Crippen LogP contribution in [-0.2, 0) is 9.47 Å². The maximum absolute atomic E-state index is 5.72. The van der Waals surface area contributed by atoms with Crippen molar-refractivity contribution in [3.63, 3.8) is 0 Å². The van der Waals surface area contributed by atoms with Crippen LogP contribution in [0.5, 0.6) is 0 Å². The molecule has 0 radical (unpaired) electrons. The standard InChI is InChI=1S/C15H24N2O2/c1-13-4-2-5-15(17-13)16-8-3-9-19-12-14-6-10-18-11-7-14/h2,4-5,14H,3,6-12H2,1H3,(H,16,17). The van der Waals surface area contributed by atoms with E-state index in [1.54, 1.807) is 0 Å². The van der Waals surface area contributed by atoms with Crippen LogP contribution in [0.2, 0.25) is 0 Å². The number of ether oxygens (including phenoxy) is 2. The molecule has 0 atom stereocenters. The minimum Gasteiger partial charge on any atom is -0.381 e. The van der Waals surface area contributed by atoms with Crippen LogP contribution in [0.15, 0.2) is 18.2 Å². The summed E-state index contributed by atoms with van der Waals surface area (Å²) in [5.41, 5.74) is 1.04. The molecular formula is C15H24N2O2. The molecule has 1 aromatic heterocycles. The van der Waals surface area contributed by atoms with Gasteiger partial charge in [0.1, 0.15) is 5.82 Å². The largest absolute Gasteiger partial charge is 0.381 e. The summed E-state index contributed by atoms with van der Waals surface area (Å²) in [5, 5.41) is 3.31. The van der Waals surface area contributed by atoms with Crippen molar-refractivity contribution in [3.8, 4) is 0 Å². The van der Waals surface area contributed by atoms with Crippen LogP contribution in [0.3, 0.4) is 0 Å². The van der Waals surface area contributed by atoms with E-state index in [1.807, 2.05) is 25.1 Å². The third kappa shape index (κ3) is 5.57. The van der Waals surface area contributed by atoms with E-state index in [2.05, 4.69) is 10.3 Å². The van der Waals surface area contributed by atoms with Gasteiger partial charge in [-0.15, -0.1) is 0 Å².